The van der Waals surface area contributed by atoms with Crippen LogP contribution in [-0.4, -0.2) is 4.57 Å². The molecule has 0 unspecified atom stereocenters. The molecular formula is C52H42N2. The molecule has 8 aromatic carbocycles. The molecule has 260 valence electrons. The molecule has 0 spiro atoms. The van der Waals surface area contributed by atoms with Crippen molar-refractivity contribution in [3.8, 4) is 39.1 Å². The SMILES string of the molecule is Cc1cc(-c2cc(C)c(-n3c4ccccc4c4ccccc43)cc2C)c(C)cc1-c1ccc(N(c2ccccc2)c2ccc(-c3ccccc3)cc2)cc1. The fourth-order valence-corrected chi connectivity index (χ4v) is 8.18. The second-order valence-electron chi connectivity index (χ2n) is 14.4. The summed E-state index contributed by atoms with van der Waals surface area (Å²) in [6.45, 7) is 8.99. The van der Waals surface area contributed by atoms with E-state index in [1.54, 1.807) is 0 Å². The number of benzene rings is 8. The topological polar surface area (TPSA) is 8.17 Å². The van der Waals surface area contributed by atoms with Gasteiger partial charge in [-0.05, 0) is 144 Å². The highest BCUT2D eigenvalue weighted by Crippen LogP contribution is 2.40. The number of fused-ring (bicyclic) bond motifs is 3. The molecule has 1 heterocycles. The van der Waals surface area contributed by atoms with Gasteiger partial charge in [-0.3, -0.25) is 0 Å². The highest BCUT2D eigenvalue weighted by Gasteiger charge is 2.18. The maximum atomic E-state index is 2.43. The van der Waals surface area contributed by atoms with Crippen LogP contribution in [0.2, 0.25) is 0 Å². The van der Waals surface area contributed by atoms with Crippen LogP contribution >= 0.6 is 0 Å². The Labute approximate surface area is 318 Å². The molecule has 0 saturated carbocycles. The van der Waals surface area contributed by atoms with Crippen LogP contribution in [0.15, 0.2) is 182 Å². The Balaban J connectivity index is 1.05. The number of anilines is 3. The number of para-hydroxylation sites is 3. The number of nitrogens with zero attached hydrogens (tertiary/aromatic N) is 2. The third kappa shape index (κ3) is 5.87. The molecule has 0 N–H and O–H groups in total. The highest BCUT2D eigenvalue weighted by molar-refractivity contribution is 6.09. The average molecular weight is 695 g/mol. The van der Waals surface area contributed by atoms with Crippen LogP contribution in [0.1, 0.15) is 22.3 Å². The van der Waals surface area contributed by atoms with E-state index in [1.807, 2.05) is 0 Å². The Morgan fingerprint density at radius 1 is 0.333 bits per heavy atom. The van der Waals surface area contributed by atoms with Gasteiger partial charge in [0.1, 0.15) is 0 Å². The highest BCUT2D eigenvalue weighted by atomic mass is 15.1. The predicted octanol–water partition coefficient (Wildman–Crippen LogP) is 14.5. The van der Waals surface area contributed by atoms with Crippen LogP contribution < -0.4 is 4.90 Å². The van der Waals surface area contributed by atoms with E-state index in [9.17, 15) is 0 Å². The van der Waals surface area contributed by atoms with E-state index in [2.05, 4.69) is 219 Å². The van der Waals surface area contributed by atoms with E-state index in [-0.39, 0.29) is 0 Å². The van der Waals surface area contributed by atoms with Gasteiger partial charge >= 0.3 is 0 Å². The van der Waals surface area contributed by atoms with Crippen molar-refractivity contribution in [2.45, 2.75) is 27.7 Å². The fraction of sp³-hybridized carbons (Fsp3) is 0.0769. The Morgan fingerprint density at radius 3 is 1.33 bits per heavy atom. The molecule has 9 aromatic rings. The largest absolute Gasteiger partial charge is 0.311 e. The first-order chi connectivity index (χ1) is 26.4. The van der Waals surface area contributed by atoms with E-state index in [4.69, 9.17) is 0 Å². The first-order valence-electron chi connectivity index (χ1n) is 18.8. The molecule has 2 nitrogen and oxygen atoms in total. The number of hydrogen-bond acceptors (Lipinski definition) is 1. The van der Waals surface area contributed by atoms with E-state index >= 15 is 0 Å². The minimum Gasteiger partial charge on any atom is -0.311 e. The summed E-state index contributed by atoms with van der Waals surface area (Å²) in [5.74, 6) is 0. The molecule has 0 bridgehead atoms. The van der Waals surface area contributed by atoms with Crippen molar-refractivity contribution < 1.29 is 0 Å². The van der Waals surface area contributed by atoms with E-state index in [0.717, 1.165) is 17.1 Å². The van der Waals surface area contributed by atoms with E-state index in [1.165, 1.54) is 83.1 Å². The summed E-state index contributed by atoms with van der Waals surface area (Å²) in [7, 11) is 0. The van der Waals surface area contributed by atoms with Crippen molar-refractivity contribution >= 4 is 38.9 Å². The Bertz CT molecular complexity index is 2720. The molecule has 1 aromatic heterocycles. The van der Waals surface area contributed by atoms with Gasteiger partial charge in [0, 0.05) is 33.5 Å². The Hall–Kier alpha value is -6.64. The molecule has 0 amide bonds. The molecule has 0 saturated heterocycles. The Morgan fingerprint density at radius 2 is 0.741 bits per heavy atom. The number of aromatic nitrogens is 1. The van der Waals surface area contributed by atoms with Crippen molar-refractivity contribution in [1.82, 2.24) is 4.57 Å². The van der Waals surface area contributed by atoms with Crippen molar-refractivity contribution in [3.05, 3.63) is 204 Å². The minimum absolute atomic E-state index is 1.12. The summed E-state index contributed by atoms with van der Waals surface area (Å²) in [6.07, 6.45) is 0. The second kappa shape index (κ2) is 13.7. The van der Waals surface area contributed by atoms with Gasteiger partial charge in [0.25, 0.3) is 0 Å². The number of aryl methyl sites for hydroxylation is 4. The number of rotatable bonds is 7. The molecule has 0 fully saturated rings. The molecule has 0 atom stereocenters. The molecule has 54 heavy (non-hydrogen) atoms. The third-order valence-corrected chi connectivity index (χ3v) is 10.9. The van der Waals surface area contributed by atoms with Crippen molar-refractivity contribution in [2.24, 2.45) is 0 Å². The molecule has 0 radical (unpaired) electrons. The normalized spacial score (nSPS) is 11.3. The van der Waals surface area contributed by atoms with Gasteiger partial charge in [-0.15, -0.1) is 0 Å². The summed E-state index contributed by atoms with van der Waals surface area (Å²) in [6, 6.07) is 66.0. The summed E-state index contributed by atoms with van der Waals surface area (Å²) in [4.78, 5) is 2.33. The smallest absolute Gasteiger partial charge is 0.0541 e. The van der Waals surface area contributed by atoms with Crippen LogP contribution in [0.5, 0.6) is 0 Å². The van der Waals surface area contributed by atoms with Crippen LogP contribution in [0.3, 0.4) is 0 Å². The molecule has 0 aliphatic rings. The third-order valence-electron chi connectivity index (χ3n) is 10.9. The first kappa shape index (κ1) is 33.2. The lowest BCUT2D eigenvalue weighted by atomic mass is 9.89. The molecule has 0 aliphatic carbocycles. The molecular weight excluding hydrogens is 653 g/mol. The second-order valence-corrected chi connectivity index (χ2v) is 14.4. The van der Waals surface area contributed by atoms with Gasteiger partial charge in [0.15, 0.2) is 0 Å². The van der Waals surface area contributed by atoms with Gasteiger partial charge in [0.05, 0.1) is 11.0 Å². The van der Waals surface area contributed by atoms with Crippen molar-refractivity contribution in [2.75, 3.05) is 4.90 Å². The monoisotopic (exact) mass is 694 g/mol. The van der Waals surface area contributed by atoms with Crippen LogP contribution in [0, 0.1) is 27.7 Å². The first-order valence-corrected chi connectivity index (χ1v) is 18.8. The maximum Gasteiger partial charge on any atom is 0.0541 e. The summed E-state index contributed by atoms with van der Waals surface area (Å²) in [5, 5.41) is 2.57. The van der Waals surface area contributed by atoms with Crippen LogP contribution in [-0.2, 0) is 0 Å². The van der Waals surface area contributed by atoms with Gasteiger partial charge in [-0.1, -0.05) is 121 Å². The summed E-state index contributed by atoms with van der Waals surface area (Å²) in [5.41, 5.74) is 19.6. The molecule has 9 rings (SSSR count). The zero-order valence-corrected chi connectivity index (χ0v) is 31.2. The van der Waals surface area contributed by atoms with E-state index < -0.39 is 0 Å². The lowest BCUT2D eigenvalue weighted by molar-refractivity contribution is 1.14. The lowest BCUT2D eigenvalue weighted by Crippen LogP contribution is -2.09. The summed E-state index contributed by atoms with van der Waals surface area (Å²) >= 11 is 0. The zero-order chi connectivity index (χ0) is 36.8. The van der Waals surface area contributed by atoms with E-state index in [0.29, 0.717) is 0 Å². The van der Waals surface area contributed by atoms with Gasteiger partial charge in [-0.2, -0.15) is 0 Å². The van der Waals surface area contributed by atoms with Crippen LogP contribution in [0.25, 0.3) is 60.9 Å². The average Bonchev–Trinajstić information content (AvgIpc) is 3.55. The number of hydrogen-bond donors (Lipinski definition) is 0. The van der Waals surface area contributed by atoms with Gasteiger partial charge in [0.2, 0.25) is 0 Å². The lowest BCUT2D eigenvalue weighted by Gasteiger charge is -2.26. The van der Waals surface area contributed by atoms with Crippen molar-refractivity contribution in [1.29, 1.82) is 0 Å². The zero-order valence-electron chi connectivity index (χ0n) is 31.2. The van der Waals surface area contributed by atoms with Gasteiger partial charge in [-0.25, -0.2) is 0 Å². The quantitative estimate of drug-likeness (QED) is 0.161. The Kier molecular flexibility index (Phi) is 8.44. The van der Waals surface area contributed by atoms with Crippen LogP contribution in [0.4, 0.5) is 17.1 Å². The standard InChI is InChI=1S/C52H42N2/c1-35-32-48(49-33-38(4)52(34-37(49)3)54-50-21-13-11-19-45(50)46-20-12-14-22-51(46)54)36(2)31-47(35)41-25-29-44(30-26-41)53(42-17-9-6-10-18-42)43-27-23-40(24-28-43)39-15-7-5-8-16-39/h5-34H,1-4H3. The molecule has 2 heteroatoms. The maximum absolute atomic E-state index is 2.43. The van der Waals surface area contributed by atoms with Crippen molar-refractivity contribution in [3.63, 3.8) is 0 Å². The predicted molar refractivity (Wildman–Crippen MR) is 231 cm³/mol. The molecule has 0 aliphatic heterocycles. The summed E-state index contributed by atoms with van der Waals surface area (Å²) < 4.78 is 2.43. The minimum atomic E-state index is 1.12. The fourth-order valence-electron chi connectivity index (χ4n) is 8.18. The van der Waals surface area contributed by atoms with Gasteiger partial charge < -0.3 is 9.47 Å².